The van der Waals surface area contributed by atoms with Crippen LogP contribution in [0.3, 0.4) is 0 Å². The Morgan fingerprint density at radius 1 is 0.963 bits per heavy atom. The van der Waals surface area contributed by atoms with Gasteiger partial charge in [0.1, 0.15) is 5.60 Å². The number of alkyl carbamates (subject to hydrolysis) is 1. The average Bonchev–Trinajstić information content (AvgIpc) is 2.55. The van der Waals surface area contributed by atoms with Gasteiger partial charge in [-0.05, 0) is 45.4 Å². The molecule has 1 aromatic carbocycles. The van der Waals surface area contributed by atoms with Gasteiger partial charge in [-0.15, -0.1) is 0 Å². The number of rotatable bonds is 8. The molecule has 0 fully saturated rings. The topological polar surface area (TPSA) is 96.5 Å². The molecule has 0 aromatic heterocycles. The summed E-state index contributed by atoms with van der Waals surface area (Å²) < 4.78 is 5.07. The zero-order chi connectivity index (χ0) is 20.4. The monoisotopic (exact) mass is 417 g/mol. The van der Waals surface area contributed by atoms with Crippen LogP contribution in [0.15, 0.2) is 18.2 Å². The standard InChI is InChI=1S/C18H25Cl2N3O4/c1-18(2,3)27-17(26)23-10-7-15(24)21-8-4-9-22-16(25)12-5-6-13(19)14(20)11-12/h5-6,11H,4,7-10H2,1-3H3,(H,21,24)(H,22,25)(H,23,26). The molecule has 0 spiro atoms. The summed E-state index contributed by atoms with van der Waals surface area (Å²) in [5.41, 5.74) is -0.157. The molecular weight excluding hydrogens is 393 g/mol. The average molecular weight is 418 g/mol. The Labute approximate surface area is 169 Å². The smallest absolute Gasteiger partial charge is 0.407 e. The molecule has 0 heterocycles. The number of hydrogen-bond acceptors (Lipinski definition) is 4. The third-order valence-electron chi connectivity index (χ3n) is 3.16. The molecule has 1 rings (SSSR count). The molecule has 0 aliphatic heterocycles. The lowest BCUT2D eigenvalue weighted by atomic mass is 10.2. The van der Waals surface area contributed by atoms with Gasteiger partial charge in [0.15, 0.2) is 0 Å². The number of nitrogens with one attached hydrogen (secondary N) is 3. The molecule has 1 aromatic rings. The molecule has 0 radical (unpaired) electrons. The first-order chi connectivity index (χ1) is 12.6. The highest BCUT2D eigenvalue weighted by molar-refractivity contribution is 6.42. The number of carbonyl (C=O) groups is 3. The van der Waals surface area contributed by atoms with E-state index in [2.05, 4.69) is 16.0 Å². The van der Waals surface area contributed by atoms with Crippen molar-refractivity contribution in [2.75, 3.05) is 19.6 Å². The minimum absolute atomic E-state index is 0.148. The zero-order valence-electron chi connectivity index (χ0n) is 15.7. The molecule has 27 heavy (non-hydrogen) atoms. The largest absolute Gasteiger partial charge is 0.444 e. The summed E-state index contributed by atoms with van der Waals surface area (Å²) in [6.07, 6.45) is 0.160. The van der Waals surface area contributed by atoms with Gasteiger partial charge in [-0.2, -0.15) is 0 Å². The quantitative estimate of drug-likeness (QED) is 0.565. The van der Waals surface area contributed by atoms with E-state index in [1.165, 1.54) is 6.07 Å². The predicted molar refractivity (Wildman–Crippen MR) is 105 cm³/mol. The molecule has 0 aliphatic carbocycles. The molecule has 0 bridgehead atoms. The van der Waals surface area contributed by atoms with Gasteiger partial charge in [-0.3, -0.25) is 9.59 Å². The van der Waals surface area contributed by atoms with Crippen LogP contribution in [0.5, 0.6) is 0 Å². The van der Waals surface area contributed by atoms with Crippen molar-refractivity contribution in [3.63, 3.8) is 0 Å². The maximum atomic E-state index is 12.0. The van der Waals surface area contributed by atoms with Crippen molar-refractivity contribution < 1.29 is 19.1 Å². The first-order valence-electron chi connectivity index (χ1n) is 8.55. The van der Waals surface area contributed by atoms with Crippen LogP contribution in [0.2, 0.25) is 10.0 Å². The maximum absolute atomic E-state index is 12.0. The van der Waals surface area contributed by atoms with Gasteiger partial charge in [0.25, 0.3) is 5.91 Å². The third kappa shape index (κ3) is 10.1. The summed E-state index contributed by atoms with van der Waals surface area (Å²) in [7, 11) is 0. The molecule has 0 unspecified atom stereocenters. The Morgan fingerprint density at radius 2 is 1.63 bits per heavy atom. The summed E-state index contributed by atoms with van der Waals surface area (Å²) in [5.74, 6) is -0.455. The highest BCUT2D eigenvalue weighted by atomic mass is 35.5. The van der Waals surface area contributed by atoms with Crippen LogP contribution in [0.25, 0.3) is 0 Å². The van der Waals surface area contributed by atoms with Crippen molar-refractivity contribution in [1.82, 2.24) is 16.0 Å². The van der Waals surface area contributed by atoms with Crippen LogP contribution in [0, 0.1) is 0 Å². The first kappa shape index (κ1) is 23.0. The van der Waals surface area contributed by atoms with E-state index in [0.717, 1.165) is 0 Å². The second-order valence-electron chi connectivity index (χ2n) is 6.77. The number of hydrogen-bond donors (Lipinski definition) is 3. The number of ether oxygens (including phenoxy) is 1. The van der Waals surface area contributed by atoms with E-state index in [1.807, 2.05) is 0 Å². The van der Waals surface area contributed by atoms with Crippen LogP contribution >= 0.6 is 23.2 Å². The van der Waals surface area contributed by atoms with Gasteiger partial charge in [0.05, 0.1) is 10.0 Å². The van der Waals surface area contributed by atoms with Crippen molar-refractivity contribution in [3.05, 3.63) is 33.8 Å². The fourth-order valence-electron chi connectivity index (χ4n) is 1.94. The van der Waals surface area contributed by atoms with Gasteiger partial charge in [0.2, 0.25) is 5.91 Å². The van der Waals surface area contributed by atoms with Gasteiger partial charge in [0, 0.05) is 31.6 Å². The summed E-state index contributed by atoms with van der Waals surface area (Å²) in [4.78, 5) is 35.1. The van der Waals surface area contributed by atoms with Gasteiger partial charge >= 0.3 is 6.09 Å². The van der Waals surface area contributed by atoms with Gasteiger partial charge in [-0.1, -0.05) is 23.2 Å². The van der Waals surface area contributed by atoms with Crippen LogP contribution in [0.1, 0.15) is 44.0 Å². The number of carbonyl (C=O) groups excluding carboxylic acids is 3. The Kier molecular flexibility index (Phi) is 9.38. The summed E-state index contributed by atoms with van der Waals surface area (Å²) in [5, 5.41) is 8.66. The van der Waals surface area contributed by atoms with E-state index in [1.54, 1.807) is 32.9 Å². The summed E-state index contributed by atoms with van der Waals surface area (Å²) in [6.45, 7) is 6.29. The second-order valence-corrected chi connectivity index (χ2v) is 7.58. The lowest BCUT2D eigenvalue weighted by Crippen LogP contribution is -2.35. The number of halogens is 2. The number of amides is 3. The van der Waals surface area contributed by atoms with Crippen molar-refractivity contribution in [2.45, 2.75) is 39.2 Å². The molecule has 9 heteroatoms. The molecule has 7 nitrogen and oxygen atoms in total. The minimum Gasteiger partial charge on any atom is -0.444 e. The Hall–Kier alpha value is -1.99. The highest BCUT2D eigenvalue weighted by Crippen LogP contribution is 2.22. The van der Waals surface area contributed by atoms with Gasteiger partial charge in [-0.25, -0.2) is 4.79 Å². The van der Waals surface area contributed by atoms with E-state index in [9.17, 15) is 14.4 Å². The molecule has 3 amide bonds. The predicted octanol–water partition coefficient (Wildman–Crippen LogP) is 3.14. The van der Waals surface area contributed by atoms with Crippen LogP contribution in [0.4, 0.5) is 4.79 Å². The molecule has 0 saturated heterocycles. The molecule has 150 valence electrons. The van der Waals surface area contributed by atoms with Crippen molar-refractivity contribution in [1.29, 1.82) is 0 Å². The Morgan fingerprint density at radius 3 is 2.26 bits per heavy atom. The van der Waals surface area contributed by atoms with E-state index < -0.39 is 11.7 Å². The van der Waals surface area contributed by atoms with Crippen molar-refractivity contribution in [2.24, 2.45) is 0 Å². The molecular formula is C18H25Cl2N3O4. The number of benzene rings is 1. The zero-order valence-corrected chi connectivity index (χ0v) is 17.2. The van der Waals surface area contributed by atoms with Crippen LogP contribution < -0.4 is 16.0 Å². The highest BCUT2D eigenvalue weighted by Gasteiger charge is 2.15. The molecule has 3 N–H and O–H groups in total. The van der Waals surface area contributed by atoms with Crippen LogP contribution in [-0.4, -0.2) is 43.1 Å². The van der Waals surface area contributed by atoms with Crippen molar-refractivity contribution >= 4 is 41.1 Å². The van der Waals surface area contributed by atoms with E-state index in [0.29, 0.717) is 35.1 Å². The lowest BCUT2D eigenvalue weighted by Gasteiger charge is -2.19. The van der Waals surface area contributed by atoms with E-state index >= 15 is 0 Å². The maximum Gasteiger partial charge on any atom is 0.407 e. The van der Waals surface area contributed by atoms with Gasteiger partial charge < -0.3 is 20.7 Å². The minimum atomic E-state index is -0.575. The Balaban J connectivity index is 2.13. The lowest BCUT2D eigenvalue weighted by molar-refractivity contribution is -0.120. The fraction of sp³-hybridized carbons (Fsp3) is 0.500. The normalized spacial score (nSPS) is 10.9. The fourth-order valence-corrected chi connectivity index (χ4v) is 2.24. The Bertz CT molecular complexity index is 675. The van der Waals surface area contributed by atoms with E-state index in [4.69, 9.17) is 27.9 Å². The van der Waals surface area contributed by atoms with Crippen molar-refractivity contribution in [3.8, 4) is 0 Å². The molecule has 0 atom stereocenters. The third-order valence-corrected chi connectivity index (χ3v) is 3.90. The first-order valence-corrected chi connectivity index (χ1v) is 9.31. The van der Waals surface area contributed by atoms with E-state index in [-0.39, 0.29) is 24.8 Å². The molecule has 0 saturated carbocycles. The summed E-state index contributed by atoms with van der Waals surface area (Å²) in [6, 6.07) is 4.64. The SMILES string of the molecule is CC(C)(C)OC(=O)NCCC(=O)NCCCNC(=O)c1ccc(Cl)c(Cl)c1. The van der Waals surface area contributed by atoms with Crippen LogP contribution in [-0.2, 0) is 9.53 Å². The second kappa shape index (κ2) is 11.0. The summed E-state index contributed by atoms with van der Waals surface area (Å²) >= 11 is 11.7. The molecule has 0 aliphatic rings.